The maximum atomic E-state index is 5.42. The van der Waals surface area contributed by atoms with Gasteiger partial charge in [0.05, 0.1) is 0 Å². The van der Waals surface area contributed by atoms with Crippen LogP contribution in [0.25, 0.3) is 0 Å². The fraction of sp³-hybridized carbons (Fsp3) is 0.412. The summed E-state index contributed by atoms with van der Waals surface area (Å²) in [7, 11) is 5.76. The van der Waals surface area contributed by atoms with Crippen molar-refractivity contribution in [2.45, 2.75) is 26.9 Å². The predicted molar refractivity (Wildman–Crippen MR) is 99.5 cm³/mol. The van der Waals surface area contributed by atoms with Crippen molar-refractivity contribution in [3.8, 4) is 0 Å². The van der Waals surface area contributed by atoms with E-state index in [9.17, 15) is 0 Å². The molecule has 128 valence electrons. The van der Waals surface area contributed by atoms with Crippen molar-refractivity contribution in [3.63, 3.8) is 0 Å². The number of pyridine rings is 2. The van der Waals surface area contributed by atoms with E-state index in [0.717, 1.165) is 22.8 Å². The van der Waals surface area contributed by atoms with Crippen LogP contribution < -0.4 is 21.7 Å². The Bertz CT molecular complexity index is 485. The van der Waals surface area contributed by atoms with Crippen molar-refractivity contribution < 1.29 is 0 Å². The smallest absolute Gasteiger partial charge is 0.127 e. The second kappa shape index (κ2) is 12.4. The quantitative estimate of drug-likeness (QED) is 0.800. The molecular formula is C17H30N6. The molecular weight excluding hydrogens is 288 g/mol. The lowest BCUT2D eigenvalue weighted by atomic mass is 10.3. The van der Waals surface area contributed by atoms with E-state index in [2.05, 4.69) is 15.3 Å². The lowest BCUT2D eigenvalue weighted by Crippen LogP contribution is -2.10. The number of aromatic nitrogens is 2. The van der Waals surface area contributed by atoms with Crippen LogP contribution in [0.3, 0.4) is 0 Å². The Morgan fingerprint density at radius 3 is 1.74 bits per heavy atom. The molecule has 0 saturated heterocycles. The first-order valence-corrected chi connectivity index (χ1v) is 7.75. The van der Waals surface area contributed by atoms with Crippen molar-refractivity contribution in [2.24, 2.45) is 11.5 Å². The topological polar surface area (TPSA) is 93.1 Å². The molecule has 0 amide bonds. The van der Waals surface area contributed by atoms with Gasteiger partial charge in [0.1, 0.15) is 11.6 Å². The van der Waals surface area contributed by atoms with Crippen LogP contribution in [0.1, 0.15) is 25.0 Å². The number of hydrogen-bond acceptors (Lipinski definition) is 6. The van der Waals surface area contributed by atoms with Crippen LogP contribution in [0, 0.1) is 0 Å². The van der Waals surface area contributed by atoms with E-state index in [1.165, 1.54) is 0 Å². The number of nitrogens with zero attached hydrogens (tertiary/aromatic N) is 3. The highest BCUT2D eigenvalue weighted by molar-refractivity contribution is 5.37. The van der Waals surface area contributed by atoms with Gasteiger partial charge in [-0.25, -0.2) is 9.97 Å². The third-order valence-corrected chi connectivity index (χ3v) is 2.82. The van der Waals surface area contributed by atoms with Gasteiger partial charge in [0.2, 0.25) is 0 Å². The van der Waals surface area contributed by atoms with Gasteiger partial charge in [0, 0.05) is 46.6 Å². The SMILES string of the molecule is CC.CN(C)c1ccc(CN)cn1.CNc1ccc(CN)cn1. The second-order valence-electron chi connectivity index (χ2n) is 4.63. The molecule has 0 bridgehead atoms. The molecule has 0 unspecified atom stereocenters. The van der Waals surface area contributed by atoms with Gasteiger partial charge in [0.25, 0.3) is 0 Å². The molecule has 2 aromatic rings. The Hall–Kier alpha value is -2.18. The highest BCUT2D eigenvalue weighted by atomic mass is 15.1. The molecule has 0 aliphatic rings. The lowest BCUT2D eigenvalue weighted by molar-refractivity contribution is 1.02. The molecule has 23 heavy (non-hydrogen) atoms. The summed E-state index contributed by atoms with van der Waals surface area (Å²) in [5, 5.41) is 2.93. The molecule has 6 nitrogen and oxygen atoms in total. The number of hydrogen-bond donors (Lipinski definition) is 3. The third kappa shape index (κ3) is 8.13. The molecule has 2 aromatic heterocycles. The van der Waals surface area contributed by atoms with Gasteiger partial charge in [-0.1, -0.05) is 26.0 Å². The van der Waals surface area contributed by atoms with Crippen LogP contribution in [-0.2, 0) is 13.1 Å². The minimum Gasteiger partial charge on any atom is -0.373 e. The molecule has 5 N–H and O–H groups in total. The molecule has 2 rings (SSSR count). The summed E-state index contributed by atoms with van der Waals surface area (Å²) in [5.74, 6) is 1.83. The fourth-order valence-corrected chi connectivity index (χ4v) is 1.50. The number of rotatable bonds is 4. The largest absolute Gasteiger partial charge is 0.373 e. The summed E-state index contributed by atoms with van der Waals surface area (Å²) in [6.07, 6.45) is 3.57. The summed E-state index contributed by atoms with van der Waals surface area (Å²) >= 11 is 0. The van der Waals surface area contributed by atoms with E-state index < -0.39 is 0 Å². The van der Waals surface area contributed by atoms with Crippen molar-refractivity contribution >= 4 is 11.6 Å². The Balaban J connectivity index is 0.000000381. The molecule has 0 aromatic carbocycles. The average Bonchev–Trinajstić information content (AvgIpc) is 2.64. The summed E-state index contributed by atoms with van der Waals surface area (Å²) in [6.45, 7) is 5.11. The van der Waals surface area contributed by atoms with Crippen molar-refractivity contribution in [3.05, 3.63) is 47.8 Å². The first kappa shape index (κ1) is 20.8. The summed E-state index contributed by atoms with van der Waals surface area (Å²) < 4.78 is 0. The first-order valence-electron chi connectivity index (χ1n) is 7.75. The van der Waals surface area contributed by atoms with Gasteiger partial charge in [-0.15, -0.1) is 0 Å². The van der Waals surface area contributed by atoms with Crippen LogP contribution in [0.15, 0.2) is 36.7 Å². The van der Waals surface area contributed by atoms with E-state index in [-0.39, 0.29) is 0 Å². The van der Waals surface area contributed by atoms with Gasteiger partial charge >= 0.3 is 0 Å². The van der Waals surface area contributed by atoms with Gasteiger partial charge in [-0.05, 0) is 23.3 Å². The van der Waals surface area contributed by atoms with Crippen LogP contribution in [0.5, 0.6) is 0 Å². The van der Waals surface area contributed by atoms with Gasteiger partial charge in [0.15, 0.2) is 0 Å². The molecule has 0 aliphatic heterocycles. The van der Waals surface area contributed by atoms with E-state index in [0.29, 0.717) is 13.1 Å². The van der Waals surface area contributed by atoms with Crippen LogP contribution in [0.2, 0.25) is 0 Å². The molecule has 0 aliphatic carbocycles. The zero-order chi connectivity index (χ0) is 17.7. The zero-order valence-electron chi connectivity index (χ0n) is 14.9. The first-order chi connectivity index (χ1) is 11.1. The molecule has 0 radical (unpaired) electrons. The minimum absolute atomic E-state index is 0.553. The van der Waals surface area contributed by atoms with Crippen LogP contribution in [-0.4, -0.2) is 31.1 Å². The number of nitrogens with one attached hydrogen (secondary N) is 1. The van der Waals surface area contributed by atoms with E-state index >= 15 is 0 Å². The Kier molecular flexibility index (Phi) is 11.2. The average molecular weight is 318 g/mol. The molecule has 2 heterocycles. The predicted octanol–water partition coefficient (Wildman–Crippen LogP) is 2.21. The highest BCUT2D eigenvalue weighted by Gasteiger charge is 1.94. The monoisotopic (exact) mass is 318 g/mol. The molecule has 6 heteroatoms. The normalized spacial score (nSPS) is 9.00. The summed E-state index contributed by atoms with van der Waals surface area (Å²) in [4.78, 5) is 10.2. The third-order valence-electron chi connectivity index (χ3n) is 2.82. The molecule has 0 atom stereocenters. The van der Waals surface area contributed by atoms with E-state index in [1.54, 1.807) is 12.4 Å². The van der Waals surface area contributed by atoms with Gasteiger partial charge < -0.3 is 21.7 Å². The maximum Gasteiger partial charge on any atom is 0.127 e. The number of nitrogens with two attached hydrogens (primary N) is 2. The fourth-order valence-electron chi connectivity index (χ4n) is 1.50. The van der Waals surface area contributed by atoms with E-state index in [4.69, 9.17) is 11.5 Å². The van der Waals surface area contributed by atoms with Gasteiger partial charge in [-0.3, -0.25) is 0 Å². The minimum atomic E-state index is 0.553. The summed E-state index contributed by atoms with van der Waals surface area (Å²) in [6, 6.07) is 7.81. The lowest BCUT2D eigenvalue weighted by Gasteiger charge is -2.10. The molecule has 0 spiro atoms. The van der Waals surface area contributed by atoms with Crippen LogP contribution in [0.4, 0.5) is 11.6 Å². The number of anilines is 2. The van der Waals surface area contributed by atoms with Gasteiger partial charge in [-0.2, -0.15) is 0 Å². The van der Waals surface area contributed by atoms with Crippen molar-refractivity contribution in [1.82, 2.24) is 9.97 Å². The van der Waals surface area contributed by atoms with Crippen LogP contribution >= 0.6 is 0 Å². The van der Waals surface area contributed by atoms with E-state index in [1.807, 2.05) is 64.2 Å². The molecule has 0 saturated carbocycles. The van der Waals surface area contributed by atoms with Crippen molar-refractivity contribution in [2.75, 3.05) is 31.4 Å². The summed E-state index contributed by atoms with van der Waals surface area (Å²) in [5.41, 5.74) is 12.9. The van der Waals surface area contributed by atoms with Crippen molar-refractivity contribution in [1.29, 1.82) is 0 Å². The maximum absolute atomic E-state index is 5.42. The Morgan fingerprint density at radius 2 is 1.43 bits per heavy atom. The Morgan fingerprint density at radius 1 is 0.913 bits per heavy atom. The second-order valence-corrected chi connectivity index (χ2v) is 4.63. The standard InChI is InChI=1S/C8H13N3.C7H11N3.C2H6/c1-11(2)8-4-3-7(5-9)6-10-8;1-9-7-3-2-6(4-8)5-10-7;1-2/h3-4,6H,5,9H2,1-2H3;2-3,5H,4,8H2,1H3,(H,9,10);1-2H3. The molecule has 0 fully saturated rings. The Labute approximate surface area is 139 Å². The highest BCUT2D eigenvalue weighted by Crippen LogP contribution is 2.06. The zero-order valence-corrected chi connectivity index (χ0v) is 14.9.